The minimum absolute atomic E-state index is 0.0995. The lowest BCUT2D eigenvalue weighted by Gasteiger charge is -2.13. The first-order valence-corrected chi connectivity index (χ1v) is 5.70. The Hall–Kier alpha value is -1.53. The Kier molecular flexibility index (Phi) is 3.65. The first kappa shape index (κ1) is 11.9. The standard InChI is InChI=1S/C11H17N5O/c1-8-5-16(6-9(8)12)7-10(17)15-11-13-3-2-4-14-11/h2-4,8-9H,5-7,12H2,1H3,(H,13,14,15,17). The highest BCUT2D eigenvalue weighted by atomic mass is 16.2. The zero-order valence-electron chi connectivity index (χ0n) is 9.84. The fourth-order valence-electron chi connectivity index (χ4n) is 1.96. The van der Waals surface area contributed by atoms with E-state index >= 15 is 0 Å². The topological polar surface area (TPSA) is 84.1 Å². The Morgan fingerprint density at radius 1 is 1.53 bits per heavy atom. The van der Waals surface area contributed by atoms with Crippen LogP contribution in [0, 0.1) is 5.92 Å². The van der Waals surface area contributed by atoms with Gasteiger partial charge in [-0.1, -0.05) is 6.92 Å². The van der Waals surface area contributed by atoms with Crippen LogP contribution in [0.2, 0.25) is 0 Å². The molecule has 1 fully saturated rings. The van der Waals surface area contributed by atoms with Crippen molar-refractivity contribution in [3.05, 3.63) is 18.5 Å². The number of hydrogen-bond acceptors (Lipinski definition) is 5. The number of nitrogens with one attached hydrogen (secondary N) is 1. The van der Waals surface area contributed by atoms with Crippen molar-refractivity contribution in [2.75, 3.05) is 25.0 Å². The van der Waals surface area contributed by atoms with Crippen LogP contribution in [0.25, 0.3) is 0 Å². The van der Waals surface area contributed by atoms with Gasteiger partial charge in [0, 0.05) is 31.5 Å². The lowest BCUT2D eigenvalue weighted by molar-refractivity contribution is -0.117. The summed E-state index contributed by atoms with van der Waals surface area (Å²) >= 11 is 0. The SMILES string of the molecule is CC1CN(CC(=O)Nc2ncccn2)CC1N. The summed E-state index contributed by atoms with van der Waals surface area (Å²) in [5.74, 6) is 0.683. The normalized spacial score (nSPS) is 24.8. The first-order valence-electron chi connectivity index (χ1n) is 5.70. The summed E-state index contributed by atoms with van der Waals surface area (Å²) in [6.07, 6.45) is 3.19. The van der Waals surface area contributed by atoms with Crippen molar-refractivity contribution >= 4 is 11.9 Å². The Labute approximate surface area is 100 Å². The third-order valence-electron chi connectivity index (χ3n) is 2.93. The van der Waals surface area contributed by atoms with E-state index < -0.39 is 0 Å². The lowest BCUT2D eigenvalue weighted by atomic mass is 10.1. The van der Waals surface area contributed by atoms with Crippen LogP contribution in [-0.4, -0.2) is 46.5 Å². The van der Waals surface area contributed by atoms with Gasteiger partial charge in [-0.25, -0.2) is 9.97 Å². The van der Waals surface area contributed by atoms with E-state index in [1.165, 1.54) is 0 Å². The highest BCUT2D eigenvalue weighted by Crippen LogP contribution is 2.13. The van der Waals surface area contributed by atoms with Crippen molar-refractivity contribution in [1.29, 1.82) is 0 Å². The van der Waals surface area contributed by atoms with Crippen molar-refractivity contribution in [3.63, 3.8) is 0 Å². The van der Waals surface area contributed by atoms with Crippen molar-refractivity contribution < 1.29 is 4.79 Å². The number of hydrogen-bond donors (Lipinski definition) is 2. The molecule has 92 valence electrons. The van der Waals surface area contributed by atoms with E-state index in [0.717, 1.165) is 13.1 Å². The molecule has 0 bridgehead atoms. The molecule has 2 atom stereocenters. The third kappa shape index (κ3) is 3.21. The molecule has 1 aromatic heterocycles. The number of carbonyl (C=O) groups is 1. The van der Waals surface area contributed by atoms with Gasteiger partial charge in [0.05, 0.1) is 6.54 Å². The van der Waals surface area contributed by atoms with E-state index in [2.05, 4.69) is 22.2 Å². The van der Waals surface area contributed by atoms with Crippen molar-refractivity contribution in [1.82, 2.24) is 14.9 Å². The molecular formula is C11H17N5O. The van der Waals surface area contributed by atoms with Gasteiger partial charge < -0.3 is 5.73 Å². The molecule has 0 spiro atoms. The number of carbonyl (C=O) groups excluding carboxylic acids is 1. The second kappa shape index (κ2) is 5.20. The number of aromatic nitrogens is 2. The van der Waals surface area contributed by atoms with Gasteiger partial charge in [-0.05, 0) is 12.0 Å². The fourth-order valence-corrected chi connectivity index (χ4v) is 1.96. The molecule has 1 saturated heterocycles. The second-order valence-electron chi connectivity index (χ2n) is 4.46. The van der Waals surface area contributed by atoms with Gasteiger partial charge in [-0.3, -0.25) is 15.0 Å². The summed E-state index contributed by atoms with van der Waals surface area (Å²) < 4.78 is 0. The Bertz CT molecular complexity index is 373. The van der Waals surface area contributed by atoms with Gasteiger partial charge in [0.15, 0.2) is 0 Å². The second-order valence-corrected chi connectivity index (χ2v) is 4.46. The molecule has 6 nitrogen and oxygen atoms in total. The summed E-state index contributed by atoms with van der Waals surface area (Å²) in [6.45, 7) is 4.08. The zero-order chi connectivity index (χ0) is 12.3. The van der Waals surface area contributed by atoms with Crippen LogP contribution in [0.5, 0.6) is 0 Å². The monoisotopic (exact) mass is 235 g/mol. The predicted octanol–water partition coefficient (Wildman–Crippen LogP) is -0.306. The third-order valence-corrected chi connectivity index (χ3v) is 2.93. The molecule has 0 aliphatic carbocycles. The van der Waals surface area contributed by atoms with Crippen LogP contribution in [0.4, 0.5) is 5.95 Å². The molecule has 2 unspecified atom stereocenters. The van der Waals surface area contributed by atoms with E-state index in [1.54, 1.807) is 18.5 Å². The van der Waals surface area contributed by atoms with Gasteiger partial charge in [-0.2, -0.15) is 0 Å². The number of nitrogens with zero attached hydrogens (tertiary/aromatic N) is 3. The van der Waals surface area contributed by atoms with Crippen LogP contribution in [-0.2, 0) is 4.79 Å². The predicted molar refractivity (Wildman–Crippen MR) is 64.2 cm³/mol. The van der Waals surface area contributed by atoms with Crippen molar-refractivity contribution in [3.8, 4) is 0 Å². The van der Waals surface area contributed by atoms with Crippen LogP contribution in [0.15, 0.2) is 18.5 Å². The fraction of sp³-hybridized carbons (Fsp3) is 0.545. The van der Waals surface area contributed by atoms with Crippen LogP contribution in [0.3, 0.4) is 0 Å². The van der Waals surface area contributed by atoms with Gasteiger partial charge >= 0.3 is 0 Å². The molecule has 3 N–H and O–H groups in total. The van der Waals surface area contributed by atoms with Crippen LogP contribution < -0.4 is 11.1 Å². The Morgan fingerprint density at radius 3 is 2.82 bits per heavy atom. The van der Waals surface area contributed by atoms with Crippen LogP contribution in [0.1, 0.15) is 6.92 Å². The van der Waals surface area contributed by atoms with Gasteiger partial charge in [0.1, 0.15) is 0 Å². The van der Waals surface area contributed by atoms with Gasteiger partial charge in [0.2, 0.25) is 11.9 Å². The maximum absolute atomic E-state index is 11.7. The molecule has 2 heterocycles. The number of rotatable bonds is 3. The summed E-state index contributed by atoms with van der Waals surface area (Å²) in [5.41, 5.74) is 5.90. The molecule has 1 amide bonds. The van der Waals surface area contributed by atoms with Gasteiger partial charge in [0.25, 0.3) is 0 Å². The number of anilines is 1. The number of amides is 1. The Morgan fingerprint density at radius 2 is 2.24 bits per heavy atom. The smallest absolute Gasteiger partial charge is 0.240 e. The van der Waals surface area contributed by atoms with Crippen molar-refractivity contribution in [2.45, 2.75) is 13.0 Å². The average molecular weight is 235 g/mol. The van der Waals surface area contributed by atoms with E-state index in [9.17, 15) is 4.79 Å². The summed E-state index contributed by atoms with van der Waals surface area (Å²) in [4.78, 5) is 21.6. The van der Waals surface area contributed by atoms with E-state index in [-0.39, 0.29) is 11.9 Å². The first-order chi connectivity index (χ1) is 8.15. The largest absolute Gasteiger partial charge is 0.326 e. The molecule has 17 heavy (non-hydrogen) atoms. The minimum atomic E-state index is -0.0995. The maximum Gasteiger partial charge on any atom is 0.240 e. The molecule has 0 saturated carbocycles. The summed E-state index contributed by atoms with van der Waals surface area (Å²) in [6, 6.07) is 1.87. The zero-order valence-corrected chi connectivity index (χ0v) is 9.84. The summed E-state index contributed by atoms with van der Waals surface area (Å²) in [7, 11) is 0. The van der Waals surface area contributed by atoms with Crippen LogP contribution >= 0.6 is 0 Å². The molecule has 1 aliphatic heterocycles. The number of likely N-dealkylation sites (tertiary alicyclic amines) is 1. The molecule has 1 aromatic rings. The summed E-state index contributed by atoms with van der Waals surface area (Å²) in [5, 5.41) is 2.65. The molecule has 0 radical (unpaired) electrons. The maximum atomic E-state index is 11.7. The molecule has 0 aromatic carbocycles. The van der Waals surface area contributed by atoms with Gasteiger partial charge in [-0.15, -0.1) is 0 Å². The highest BCUT2D eigenvalue weighted by molar-refractivity contribution is 5.90. The molecule has 6 heteroatoms. The minimum Gasteiger partial charge on any atom is -0.326 e. The van der Waals surface area contributed by atoms with E-state index in [0.29, 0.717) is 18.4 Å². The molecule has 1 aliphatic rings. The molecular weight excluding hydrogens is 218 g/mol. The van der Waals surface area contributed by atoms with E-state index in [4.69, 9.17) is 5.73 Å². The average Bonchev–Trinajstić information content (AvgIpc) is 2.59. The Balaban J connectivity index is 1.82. The van der Waals surface area contributed by atoms with E-state index in [1.807, 2.05) is 4.90 Å². The molecule has 2 rings (SSSR count). The number of nitrogens with two attached hydrogens (primary N) is 1. The highest BCUT2D eigenvalue weighted by Gasteiger charge is 2.27. The lowest BCUT2D eigenvalue weighted by Crippen LogP contribution is -2.34. The quantitative estimate of drug-likeness (QED) is 0.751. The van der Waals surface area contributed by atoms with Crippen molar-refractivity contribution in [2.24, 2.45) is 11.7 Å².